The molecule has 0 bridgehead atoms. The van der Waals surface area contributed by atoms with Crippen LogP contribution < -0.4 is 10.1 Å². The molecule has 0 amide bonds. The Balaban J connectivity index is 1.83. The van der Waals surface area contributed by atoms with Gasteiger partial charge in [-0.15, -0.1) is 13.2 Å². The fraction of sp³-hybridized carbons (Fsp3) is 0.308. The standard InChI is InChI=1S/C13H12F3N3O/c14-13(15,16)20-10-3-1-9(2-4-10)11-5-7-17-12-6-8-18-19(11)12/h1-4,6,8,11,17H,5,7H2. The summed E-state index contributed by atoms with van der Waals surface area (Å²) in [7, 11) is 0. The van der Waals surface area contributed by atoms with E-state index in [1.807, 2.05) is 10.7 Å². The smallest absolute Gasteiger partial charge is 0.406 e. The van der Waals surface area contributed by atoms with Crippen LogP contribution in [0.1, 0.15) is 18.0 Å². The molecule has 1 aromatic heterocycles. The number of aromatic nitrogens is 2. The average Bonchev–Trinajstić information content (AvgIpc) is 2.86. The number of benzene rings is 1. The van der Waals surface area contributed by atoms with Gasteiger partial charge in [-0.3, -0.25) is 0 Å². The molecule has 106 valence electrons. The normalized spacial score (nSPS) is 18.2. The molecule has 0 fully saturated rings. The quantitative estimate of drug-likeness (QED) is 0.920. The number of nitrogens with zero attached hydrogens (tertiary/aromatic N) is 2. The van der Waals surface area contributed by atoms with Gasteiger partial charge in [0.2, 0.25) is 0 Å². The monoisotopic (exact) mass is 283 g/mol. The zero-order valence-electron chi connectivity index (χ0n) is 10.4. The van der Waals surface area contributed by atoms with Crippen LogP contribution in [0.5, 0.6) is 5.75 Å². The van der Waals surface area contributed by atoms with Crippen LogP contribution in [0.4, 0.5) is 19.0 Å². The molecule has 0 radical (unpaired) electrons. The fourth-order valence-electron chi connectivity index (χ4n) is 2.36. The highest BCUT2D eigenvalue weighted by atomic mass is 19.4. The lowest BCUT2D eigenvalue weighted by Gasteiger charge is -2.26. The van der Waals surface area contributed by atoms with Crippen molar-refractivity contribution in [3.05, 3.63) is 42.1 Å². The van der Waals surface area contributed by atoms with Crippen molar-refractivity contribution in [2.24, 2.45) is 0 Å². The average molecular weight is 283 g/mol. The number of rotatable bonds is 2. The summed E-state index contributed by atoms with van der Waals surface area (Å²) in [5.74, 6) is 0.702. The Morgan fingerprint density at radius 2 is 1.95 bits per heavy atom. The Labute approximate surface area is 113 Å². The molecule has 1 aliphatic heterocycles. The molecule has 1 N–H and O–H groups in total. The lowest BCUT2D eigenvalue weighted by atomic mass is 10.0. The number of anilines is 1. The molecule has 0 spiro atoms. The molecule has 0 saturated heterocycles. The Bertz CT molecular complexity index is 592. The molecule has 3 rings (SSSR count). The van der Waals surface area contributed by atoms with Gasteiger partial charge in [0.05, 0.1) is 12.2 Å². The van der Waals surface area contributed by atoms with E-state index in [0.717, 1.165) is 24.3 Å². The minimum atomic E-state index is -4.66. The van der Waals surface area contributed by atoms with E-state index in [1.165, 1.54) is 12.1 Å². The van der Waals surface area contributed by atoms with Gasteiger partial charge in [0.15, 0.2) is 0 Å². The van der Waals surface area contributed by atoms with Crippen molar-refractivity contribution in [3.8, 4) is 5.75 Å². The first-order valence-electron chi connectivity index (χ1n) is 6.16. The van der Waals surface area contributed by atoms with E-state index in [0.29, 0.717) is 0 Å². The minimum Gasteiger partial charge on any atom is -0.406 e. The van der Waals surface area contributed by atoms with E-state index in [-0.39, 0.29) is 11.8 Å². The van der Waals surface area contributed by atoms with Gasteiger partial charge in [-0.1, -0.05) is 12.1 Å². The molecule has 20 heavy (non-hydrogen) atoms. The van der Waals surface area contributed by atoms with Crippen molar-refractivity contribution < 1.29 is 17.9 Å². The molecule has 1 aliphatic rings. The molecule has 7 heteroatoms. The maximum Gasteiger partial charge on any atom is 0.573 e. The fourth-order valence-corrected chi connectivity index (χ4v) is 2.36. The summed E-state index contributed by atoms with van der Waals surface area (Å²) in [6, 6.07) is 7.83. The van der Waals surface area contributed by atoms with Gasteiger partial charge >= 0.3 is 6.36 Å². The summed E-state index contributed by atoms with van der Waals surface area (Å²) in [6.45, 7) is 0.803. The summed E-state index contributed by atoms with van der Waals surface area (Å²) in [5, 5.41) is 7.45. The summed E-state index contributed by atoms with van der Waals surface area (Å²) >= 11 is 0. The Morgan fingerprint density at radius 3 is 2.65 bits per heavy atom. The van der Waals surface area contributed by atoms with Crippen LogP contribution in [0.15, 0.2) is 36.5 Å². The largest absolute Gasteiger partial charge is 0.573 e. The van der Waals surface area contributed by atoms with Crippen LogP contribution in [0, 0.1) is 0 Å². The summed E-state index contributed by atoms with van der Waals surface area (Å²) in [5.41, 5.74) is 0.908. The van der Waals surface area contributed by atoms with Crippen LogP contribution in [0.2, 0.25) is 0 Å². The van der Waals surface area contributed by atoms with Gasteiger partial charge in [-0.25, -0.2) is 4.68 Å². The SMILES string of the molecule is FC(F)(F)Oc1ccc(C2CCNc3ccnn32)cc1. The highest BCUT2D eigenvalue weighted by molar-refractivity contribution is 5.39. The van der Waals surface area contributed by atoms with Crippen molar-refractivity contribution >= 4 is 5.82 Å². The third-order valence-corrected chi connectivity index (χ3v) is 3.19. The Hall–Kier alpha value is -2.18. The maximum atomic E-state index is 12.1. The first kappa shape index (κ1) is 12.8. The van der Waals surface area contributed by atoms with Crippen molar-refractivity contribution in [1.29, 1.82) is 0 Å². The number of halogens is 3. The van der Waals surface area contributed by atoms with Crippen LogP contribution in [-0.4, -0.2) is 22.7 Å². The van der Waals surface area contributed by atoms with Gasteiger partial charge in [0, 0.05) is 12.6 Å². The number of hydrogen-bond acceptors (Lipinski definition) is 3. The molecule has 0 saturated carbocycles. The van der Waals surface area contributed by atoms with E-state index in [1.54, 1.807) is 18.3 Å². The minimum absolute atomic E-state index is 0.0289. The van der Waals surface area contributed by atoms with Crippen molar-refractivity contribution in [3.63, 3.8) is 0 Å². The molecule has 2 aromatic rings. The highest BCUT2D eigenvalue weighted by Crippen LogP contribution is 2.30. The second-order valence-electron chi connectivity index (χ2n) is 4.51. The zero-order chi connectivity index (χ0) is 14.2. The first-order chi connectivity index (χ1) is 9.53. The van der Waals surface area contributed by atoms with Crippen LogP contribution in [-0.2, 0) is 0 Å². The molecular weight excluding hydrogens is 271 g/mol. The zero-order valence-corrected chi connectivity index (χ0v) is 10.4. The first-order valence-corrected chi connectivity index (χ1v) is 6.16. The van der Waals surface area contributed by atoms with E-state index in [4.69, 9.17) is 0 Å². The number of hydrogen-bond donors (Lipinski definition) is 1. The second-order valence-corrected chi connectivity index (χ2v) is 4.51. The number of alkyl halides is 3. The van der Waals surface area contributed by atoms with Crippen LogP contribution in [0.3, 0.4) is 0 Å². The van der Waals surface area contributed by atoms with Crippen molar-refractivity contribution in [2.75, 3.05) is 11.9 Å². The number of nitrogens with one attached hydrogen (secondary N) is 1. The lowest BCUT2D eigenvalue weighted by Crippen LogP contribution is -2.24. The molecule has 0 aliphatic carbocycles. The van der Waals surface area contributed by atoms with Gasteiger partial charge in [-0.2, -0.15) is 5.10 Å². The molecule has 2 heterocycles. The third kappa shape index (κ3) is 2.56. The molecule has 1 aromatic carbocycles. The topological polar surface area (TPSA) is 39.1 Å². The third-order valence-electron chi connectivity index (χ3n) is 3.19. The van der Waals surface area contributed by atoms with Gasteiger partial charge < -0.3 is 10.1 Å². The second kappa shape index (κ2) is 4.73. The number of ether oxygens (including phenoxy) is 1. The predicted octanol–water partition coefficient (Wildman–Crippen LogP) is 3.19. The lowest BCUT2D eigenvalue weighted by molar-refractivity contribution is -0.274. The van der Waals surface area contributed by atoms with Crippen molar-refractivity contribution in [1.82, 2.24) is 9.78 Å². The predicted molar refractivity (Wildman–Crippen MR) is 66.6 cm³/mol. The Kier molecular flexibility index (Phi) is 3.04. The molecule has 4 nitrogen and oxygen atoms in total. The number of fused-ring (bicyclic) bond motifs is 1. The van der Waals surface area contributed by atoms with Gasteiger partial charge in [0.25, 0.3) is 0 Å². The van der Waals surface area contributed by atoms with E-state index >= 15 is 0 Å². The van der Waals surface area contributed by atoms with Gasteiger partial charge in [0.1, 0.15) is 11.6 Å². The van der Waals surface area contributed by atoms with E-state index in [9.17, 15) is 13.2 Å². The van der Waals surface area contributed by atoms with Crippen molar-refractivity contribution in [2.45, 2.75) is 18.8 Å². The van der Waals surface area contributed by atoms with E-state index < -0.39 is 6.36 Å². The Morgan fingerprint density at radius 1 is 1.20 bits per heavy atom. The highest BCUT2D eigenvalue weighted by Gasteiger charge is 2.31. The molecular formula is C13H12F3N3O. The maximum absolute atomic E-state index is 12.1. The summed E-state index contributed by atoms with van der Waals surface area (Å²) < 4.78 is 42.0. The van der Waals surface area contributed by atoms with Gasteiger partial charge in [-0.05, 0) is 24.1 Å². The van der Waals surface area contributed by atoms with Crippen LogP contribution >= 0.6 is 0 Å². The van der Waals surface area contributed by atoms with Crippen LogP contribution in [0.25, 0.3) is 0 Å². The van der Waals surface area contributed by atoms with E-state index in [2.05, 4.69) is 15.2 Å². The molecule has 1 unspecified atom stereocenters. The summed E-state index contributed by atoms with van der Waals surface area (Å²) in [6.07, 6.45) is -2.14. The molecule has 1 atom stereocenters. The summed E-state index contributed by atoms with van der Waals surface area (Å²) in [4.78, 5) is 0.